The van der Waals surface area contributed by atoms with Gasteiger partial charge in [-0.2, -0.15) is 0 Å². The highest BCUT2D eigenvalue weighted by Crippen LogP contribution is 2.33. The van der Waals surface area contributed by atoms with Crippen molar-refractivity contribution in [3.8, 4) is 11.3 Å². The molecule has 2 heterocycles. The number of carbonyl (C=O) groups is 2. The first-order valence-electron chi connectivity index (χ1n) is 10.4. The first-order chi connectivity index (χ1) is 14.6. The number of aromatic nitrogens is 2. The summed E-state index contributed by atoms with van der Waals surface area (Å²) in [6.45, 7) is 0. The van der Waals surface area contributed by atoms with E-state index in [4.69, 9.17) is 10.5 Å². The third-order valence-electron chi connectivity index (χ3n) is 6.28. The van der Waals surface area contributed by atoms with Gasteiger partial charge in [-0.25, -0.2) is 4.98 Å². The summed E-state index contributed by atoms with van der Waals surface area (Å²) in [6.07, 6.45) is 5.24. The number of fused-ring (bicyclic) bond motifs is 1. The highest BCUT2D eigenvalue weighted by atomic mass is 16.5. The van der Waals surface area contributed by atoms with Gasteiger partial charge in [0.1, 0.15) is 17.5 Å². The molecule has 6 heteroatoms. The number of benzene rings is 1. The zero-order chi connectivity index (χ0) is 21.1. The normalized spacial score (nSPS) is 20.1. The zero-order valence-electron chi connectivity index (χ0n) is 17.1. The Balaban J connectivity index is 1.45. The summed E-state index contributed by atoms with van der Waals surface area (Å²) < 4.78 is 4.75. The number of aromatic amines is 1. The highest BCUT2D eigenvalue weighted by molar-refractivity contribution is 5.91. The van der Waals surface area contributed by atoms with Crippen molar-refractivity contribution in [2.45, 2.75) is 38.1 Å². The molecular formula is C24H27N3O3. The van der Waals surface area contributed by atoms with Crippen LogP contribution in [0.15, 0.2) is 48.7 Å². The van der Waals surface area contributed by atoms with Crippen molar-refractivity contribution in [3.63, 3.8) is 0 Å². The lowest BCUT2D eigenvalue weighted by Gasteiger charge is -2.30. The van der Waals surface area contributed by atoms with Crippen LogP contribution in [-0.4, -0.2) is 34.9 Å². The second-order valence-corrected chi connectivity index (χ2v) is 8.09. The van der Waals surface area contributed by atoms with Gasteiger partial charge < -0.3 is 15.5 Å². The molecule has 156 valence electrons. The van der Waals surface area contributed by atoms with Crippen molar-refractivity contribution in [2.24, 2.45) is 17.6 Å². The van der Waals surface area contributed by atoms with E-state index in [2.05, 4.69) is 16.0 Å². The van der Waals surface area contributed by atoms with E-state index in [1.54, 1.807) is 6.20 Å². The molecule has 0 amide bonds. The highest BCUT2D eigenvalue weighted by Gasteiger charge is 2.32. The average Bonchev–Trinajstić information content (AvgIpc) is 3.24. The van der Waals surface area contributed by atoms with Crippen molar-refractivity contribution in [1.29, 1.82) is 0 Å². The Kier molecular flexibility index (Phi) is 5.95. The number of Topliss-reactive ketones (excluding diaryl/α,β-unsaturated/α-hetero) is 1. The minimum Gasteiger partial charge on any atom is -0.468 e. The topological polar surface area (TPSA) is 98.1 Å². The number of hydrogen-bond acceptors (Lipinski definition) is 5. The number of hydrogen-bond donors (Lipinski definition) is 2. The Bertz CT molecular complexity index is 1040. The standard InChI is InChI=1S/C24H27N3O3/c1-30-24(29)22(25)17-9-7-16(8-10-17)21(28)13-18-11-12-26-23-19(18)14-20(27-23)15-5-3-2-4-6-15/h2-6,11-12,14,16-17,22H,7-10,13,25H2,1H3,(H,26,27)/t16?,17?,22-/m1/s1. The summed E-state index contributed by atoms with van der Waals surface area (Å²) in [5, 5.41) is 0.992. The van der Waals surface area contributed by atoms with Crippen LogP contribution in [0.1, 0.15) is 31.2 Å². The predicted octanol–water partition coefficient (Wildman–Crippen LogP) is 3.65. The zero-order valence-corrected chi connectivity index (χ0v) is 17.1. The molecule has 0 saturated heterocycles. The molecule has 0 aliphatic heterocycles. The average molecular weight is 405 g/mol. The molecular weight excluding hydrogens is 378 g/mol. The molecule has 1 aromatic carbocycles. The lowest BCUT2D eigenvalue weighted by molar-refractivity contribution is -0.143. The van der Waals surface area contributed by atoms with Gasteiger partial charge in [0.25, 0.3) is 0 Å². The lowest BCUT2D eigenvalue weighted by atomic mass is 9.76. The van der Waals surface area contributed by atoms with Gasteiger partial charge in [0.15, 0.2) is 0 Å². The molecule has 0 spiro atoms. The summed E-state index contributed by atoms with van der Waals surface area (Å²) in [5.74, 6) is -0.0187. The van der Waals surface area contributed by atoms with Gasteiger partial charge in [0.2, 0.25) is 0 Å². The molecule has 2 aromatic heterocycles. The number of H-pyrrole nitrogens is 1. The van der Waals surface area contributed by atoms with Crippen LogP contribution in [0.2, 0.25) is 0 Å². The van der Waals surface area contributed by atoms with Gasteiger partial charge in [-0.15, -0.1) is 0 Å². The first kappa shape index (κ1) is 20.3. The molecule has 1 saturated carbocycles. The molecule has 0 bridgehead atoms. The van der Waals surface area contributed by atoms with Crippen molar-refractivity contribution >= 4 is 22.8 Å². The molecule has 4 rings (SSSR count). The second kappa shape index (κ2) is 8.79. The van der Waals surface area contributed by atoms with Crippen molar-refractivity contribution in [2.75, 3.05) is 7.11 Å². The Hall–Kier alpha value is -2.99. The van der Waals surface area contributed by atoms with Crippen LogP contribution in [0, 0.1) is 11.8 Å². The summed E-state index contributed by atoms with van der Waals surface area (Å²) >= 11 is 0. The number of nitrogens with zero attached hydrogens (tertiary/aromatic N) is 1. The van der Waals surface area contributed by atoms with Gasteiger partial charge >= 0.3 is 5.97 Å². The fraction of sp³-hybridized carbons (Fsp3) is 0.375. The number of methoxy groups -OCH3 is 1. The van der Waals surface area contributed by atoms with E-state index in [-0.39, 0.29) is 23.6 Å². The van der Waals surface area contributed by atoms with E-state index >= 15 is 0 Å². The number of nitrogens with two attached hydrogens (primary N) is 1. The van der Waals surface area contributed by atoms with E-state index in [0.29, 0.717) is 6.42 Å². The third kappa shape index (κ3) is 4.14. The fourth-order valence-electron chi connectivity index (χ4n) is 4.47. The van der Waals surface area contributed by atoms with Crippen LogP contribution < -0.4 is 5.73 Å². The number of ether oxygens (including phenoxy) is 1. The minimum atomic E-state index is -0.595. The van der Waals surface area contributed by atoms with Crippen LogP contribution in [0.4, 0.5) is 0 Å². The van der Waals surface area contributed by atoms with Gasteiger partial charge in [0, 0.05) is 29.6 Å². The fourth-order valence-corrected chi connectivity index (χ4v) is 4.47. The van der Waals surface area contributed by atoms with E-state index in [9.17, 15) is 9.59 Å². The van der Waals surface area contributed by atoms with E-state index in [1.807, 2.05) is 36.4 Å². The monoisotopic (exact) mass is 405 g/mol. The summed E-state index contributed by atoms with van der Waals surface area (Å²) in [4.78, 5) is 32.5. The van der Waals surface area contributed by atoms with Gasteiger partial charge in [-0.3, -0.25) is 9.59 Å². The lowest BCUT2D eigenvalue weighted by Crippen LogP contribution is -2.41. The number of ketones is 1. The second-order valence-electron chi connectivity index (χ2n) is 8.09. The number of carbonyl (C=O) groups excluding carboxylic acids is 2. The smallest absolute Gasteiger partial charge is 0.322 e. The van der Waals surface area contributed by atoms with Gasteiger partial charge in [-0.05, 0) is 54.9 Å². The van der Waals surface area contributed by atoms with E-state index in [1.165, 1.54) is 7.11 Å². The molecule has 1 aliphatic rings. The number of pyridine rings is 1. The van der Waals surface area contributed by atoms with Gasteiger partial charge in [-0.1, -0.05) is 30.3 Å². The van der Waals surface area contributed by atoms with Crippen LogP contribution in [0.25, 0.3) is 22.3 Å². The largest absolute Gasteiger partial charge is 0.468 e. The molecule has 3 aromatic rings. The number of rotatable bonds is 6. The quantitative estimate of drug-likeness (QED) is 0.610. The number of nitrogens with one attached hydrogen (secondary N) is 1. The van der Waals surface area contributed by atoms with Crippen LogP contribution in [0.5, 0.6) is 0 Å². The molecule has 3 N–H and O–H groups in total. The molecule has 0 radical (unpaired) electrons. The Labute approximate surface area is 175 Å². The SMILES string of the molecule is COC(=O)[C@H](N)C1CCC(C(=O)Cc2ccnc3[nH]c(-c4ccccc4)cc23)CC1. The Morgan fingerprint density at radius 1 is 1.17 bits per heavy atom. The maximum Gasteiger partial charge on any atom is 0.322 e. The van der Waals surface area contributed by atoms with E-state index < -0.39 is 6.04 Å². The minimum absolute atomic E-state index is 0.0156. The van der Waals surface area contributed by atoms with E-state index in [0.717, 1.165) is 53.5 Å². The third-order valence-corrected chi connectivity index (χ3v) is 6.28. The van der Waals surface area contributed by atoms with Crippen LogP contribution >= 0.6 is 0 Å². The number of esters is 1. The molecule has 0 unspecified atom stereocenters. The molecule has 30 heavy (non-hydrogen) atoms. The molecule has 1 aliphatic carbocycles. The van der Waals surface area contributed by atoms with Gasteiger partial charge in [0.05, 0.1) is 7.11 Å². The Morgan fingerprint density at radius 2 is 1.90 bits per heavy atom. The maximum atomic E-state index is 13.0. The van der Waals surface area contributed by atoms with Crippen molar-refractivity contribution in [3.05, 3.63) is 54.2 Å². The summed E-state index contributed by atoms with van der Waals surface area (Å²) in [7, 11) is 1.36. The first-order valence-corrected chi connectivity index (χ1v) is 10.4. The molecule has 6 nitrogen and oxygen atoms in total. The summed E-state index contributed by atoms with van der Waals surface area (Å²) in [5.41, 5.74) is 9.87. The van der Waals surface area contributed by atoms with Crippen LogP contribution in [-0.2, 0) is 20.7 Å². The van der Waals surface area contributed by atoms with Crippen LogP contribution in [0.3, 0.4) is 0 Å². The molecule has 1 fully saturated rings. The predicted molar refractivity (Wildman–Crippen MR) is 116 cm³/mol. The summed E-state index contributed by atoms with van der Waals surface area (Å²) in [6, 6.07) is 13.5. The van der Waals surface area contributed by atoms with Crippen molar-refractivity contribution in [1.82, 2.24) is 9.97 Å². The maximum absolute atomic E-state index is 13.0. The van der Waals surface area contributed by atoms with Crippen molar-refractivity contribution < 1.29 is 14.3 Å². The Morgan fingerprint density at radius 3 is 2.60 bits per heavy atom. The molecule has 1 atom stereocenters.